The van der Waals surface area contributed by atoms with Crippen LogP contribution in [0.4, 0.5) is 5.69 Å². The van der Waals surface area contributed by atoms with E-state index in [-0.39, 0.29) is 18.0 Å². The molecule has 0 aromatic heterocycles. The van der Waals surface area contributed by atoms with Crippen LogP contribution in [0.15, 0.2) is 36.4 Å². The molecule has 3 aliphatic heterocycles. The Morgan fingerprint density at radius 2 is 2.25 bits per heavy atom. The predicted molar refractivity (Wildman–Crippen MR) is 88.8 cm³/mol. The van der Waals surface area contributed by atoms with E-state index in [1.165, 1.54) is 0 Å². The Kier molecular flexibility index (Phi) is 3.66. The molecule has 2 fully saturated rings. The number of para-hydroxylation sites is 1. The van der Waals surface area contributed by atoms with Crippen molar-refractivity contribution in [2.75, 3.05) is 18.1 Å². The van der Waals surface area contributed by atoms with Gasteiger partial charge in [-0.3, -0.25) is 9.59 Å². The second-order valence-electron chi connectivity index (χ2n) is 6.44. The number of anilines is 1. The van der Waals surface area contributed by atoms with E-state index in [4.69, 9.17) is 21.1 Å². The van der Waals surface area contributed by atoms with Crippen LogP contribution in [0.5, 0.6) is 0 Å². The molecule has 6 heteroatoms. The second kappa shape index (κ2) is 5.60. The molecule has 0 N–H and O–H groups in total. The van der Waals surface area contributed by atoms with Crippen LogP contribution >= 0.6 is 11.6 Å². The third-order valence-corrected chi connectivity index (χ3v) is 5.28. The second-order valence-corrected chi connectivity index (χ2v) is 6.85. The Hall–Kier alpha value is -1.85. The van der Waals surface area contributed by atoms with Gasteiger partial charge >= 0.3 is 5.97 Å². The van der Waals surface area contributed by atoms with Crippen LogP contribution in [0.25, 0.3) is 0 Å². The zero-order chi connectivity index (χ0) is 16.9. The van der Waals surface area contributed by atoms with Crippen LogP contribution < -0.4 is 4.90 Å². The summed E-state index contributed by atoms with van der Waals surface area (Å²) < 4.78 is 11.3. The molecule has 0 unspecified atom stereocenters. The lowest BCUT2D eigenvalue weighted by molar-refractivity contribution is -0.152. The van der Waals surface area contributed by atoms with Gasteiger partial charge in [0.05, 0.1) is 35.9 Å². The minimum absolute atomic E-state index is 0.131. The average molecular weight is 348 g/mol. The van der Waals surface area contributed by atoms with Crippen molar-refractivity contribution in [3.63, 3.8) is 0 Å². The molecule has 126 valence electrons. The molecule has 2 saturated heterocycles. The smallest absolute Gasteiger partial charge is 0.312 e. The van der Waals surface area contributed by atoms with Gasteiger partial charge in [-0.05, 0) is 18.6 Å². The van der Waals surface area contributed by atoms with E-state index >= 15 is 0 Å². The maximum absolute atomic E-state index is 13.1. The number of nitrogens with zero attached hydrogens (tertiary/aromatic N) is 1. The van der Waals surface area contributed by atoms with Crippen molar-refractivity contribution in [3.05, 3.63) is 41.4 Å². The molecule has 1 aromatic rings. The molecule has 0 radical (unpaired) electrons. The molecule has 0 aliphatic carbocycles. The lowest BCUT2D eigenvalue weighted by Crippen LogP contribution is -2.40. The number of hydrogen-bond acceptors (Lipinski definition) is 4. The third kappa shape index (κ3) is 2.11. The van der Waals surface area contributed by atoms with Crippen molar-refractivity contribution in [1.82, 2.24) is 0 Å². The lowest BCUT2D eigenvalue weighted by atomic mass is 9.77. The first-order valence-electron chi connectivity index (χ1n) is 8.17. The number of esters is 1. The molecular formula is C18H18ClNO4. The summed E-state index contributed by atoms with van der Waals surface area (Å²) in [4.78, 5) is 27.1. The van der Waals surface area contributed by atoms with E-state index in [1.807, 2.05) is 31.2 Å². The van der Waals surface area contributed by atoms with Crippen LogP contribution in [0, 0.1) is 11.8 Å². The molecular weight excluding hydrogens is 330 g/mol. The van der Waals surface area contributed by atoms with Gasteiger partial charge in [0.25, 0.3) is 0 Å². The van der Waals surface area contributed by atoms with Gasteiger partial charge in [0, 0.05) is 0 Å². The van der Waals surface area contributed by atoms with Crippen LogP contribution in [-0.2, 0) is 19.1 Å². The number of amides is 1. The van der Waals surface area contributed by atoms with Crippen LogP contribution in [0.2, 0.25) is 5.02 Å². The molecule has 1 aromatic carbocycles. The summed E-state index contributed by atoms with van der Waals surface area (Å²) in [5, 5.41) is 0.505. The van der Waals surface area contributed by atoms with Crippen molar-refractivity contribution in [3.8, 4) is 0 Å². The largest absolute Gasteiger partial charge is 0.465 e. The Bertz CT molecular complexity index is 733. The Morgan fingerprint density at radius 3 is 3.00 bits per heavy atom. The normalized spacial score (nSPS) is 33.2. The summed E-state index contributed by atoms with van der Waals surface area (Å²) in [5.41, 5.74) is -0.106. The van der Waals surface area contributed by atoms with Crippen molar-refractivity contribution in [2.24, 2.45) is 11.8 Å². The number of hydrogen-bond donors (Lipinski definition) is 0. The summed E-state index contributed by atoms with van der Waals surface area (Å²) in [6.07, 6.45) is 4.16. The zero-order valence-corrected chi connectivity index (χ0v) is 14.0. The van der Waals surface area contributed by atoms with Gasteiger partial charge in [-0.1, -0.05) is 42.8 Å². The Labute approximate surface area is 145 Å². The molecule has 24 heavy (non-hydrogen) atoms. The quantitative estimate of drug-likeness (QED) is 0.620. The third-order valence-electron chi connectivity index (χ3n) is 4.96. The Morgan fingerprint density at radius 1 is 1.46 bits per heavy atom. The molecule has 4 atom stereocenters. The highest BCUT2D eigenvalue weighted by Gasteiger charge is 2.67. The van der Waals surface area contributed by atoms with Crippen molar-refractivity contribution in [2.45, 2.75) is 25.0 Å². The van der Waals surface area contributed by atoms with Gasteiger partial charge in [0.15, 0.2) is 0 Å². The fraction of sp³-hybridized carbons (Fsp3) is 0.444. The molecule has 2 bridgehead atoms. The van der Waals surface area contributed by atoms with Crippen molar-refractivity contribution >= 4 is 29.2 Å². The van der Waals surface area contributed by atoms with E-state index < -0.39 is 17.4 Å². The van der Waals surface area contributed by atoms with E-state index in [1.54, 1.807) is 17.0 Å². The minimum Gasteiger partial charge on any atom is -0.465 e. The monoisotopic (exact) mass is 347 g/mol. The molecule has 5 nitrogen and oxygen atoms in total. The summed E-state index contributed by atoms with van der Waals surface area (Å²) in [6, 6.07) is 7.20. The maximum Gasteiger partial charge on any atom is 0.312 e. The zero-order valence-electron chi connectivity index (χ0n) is 13.3. The SMILES string of the molecule is CCCOC(=O)[C@H]1[C@H]2C(=O)N(c3ccccc3Cl)C[C@]23C=C[C@H]1O3. The van der Waals surface area contributed by atoms with Gasteiger partial charge in [0.2, 0.25) is 5.91 Å². The predicted octanol–water partition coefficient (Wildman–Crippen LogP) is 2.58. The minimum atomic E-state index is -0.753. The highest BCUT2D eigenvalue weighted by Crippen LogP contribution is 2.53. The maximum atomic E-state index is 13.1. The number of ether oxygens (including phenoxy) is 2. The first-order chi connectivity index (χ1) is 11.6. The van der Waals surface area contributed by atoms with E-state index in [2.05, 4.69) is 0 Å². The topological polar surface area (TPSA) is 55.8 Å². The van der Waals surface area contributed by atoms with Crippen LogP contribution in [-0.4, -0.2) is 36.7 Å². The van der Waals surface area contributed by atoms with E-state index in [9.17, 15) is 9.59 Å². The lowest BCUT2D eigenvalue weighted by Gasteiger charge is -2.22. The number of carbonyl (C=O) groups excluding carboxylic acids is 2. The number of fused-ring (bicyclic) bond motifs is 1. The first kappa shape index (κ1) is 15.7. The number of halogens is 1. The van der Waals surface area contributed by atoms with Gasteiger partial charge in [-0.15, -0.1) is 0 Å². The molecule has 0 saturated carbocycles. The molecule has 3 heterocycles. The average Bonchev–Trinajstić information content (AvgIpc) is 3.21. The fourth-order valence-electron chi connectivity index (χ4n) is 3.94. The summed E-state index contributed by atoms with van der Waals surface area (Å²) in [5.74, 6) is -1.62. The highest BCUT2D eigenvalue weighted by molar-refractivity contribution is 6.34. The molecule has 1 spiro atoms. The molecule has 3 aliphatic rings. The van der Waals surface area contributed by atoms with Gasteiger partial charge in [-0.25, -0.2) is 0 Å². The standard InChI is InChI=1S/C18H18ClNO4/c1-2-9-23-17(22)14-13-7-8-18(24-13)10-20(16(21)15(14)18)12-6-4-3-5-11(12)19/h3-8,13-15H,2,9-10H2,1H3/t13-,14-,15+,18-/m1/s1. The summed E-state index contributed by atoms with van der Waals surface area (Å²) >= 11 is 6.25. The summed E-state index contributed by atoms with van der Waals surface area (Å²) in [6.45, 7) is 2.66. The van der Waals surface area contributed by atoms with Crippen molar-refractivity contribution in [1.29, 1.82) is 0 Å². The van der Waals surface area contributed by atoms with Gasteiger partial charge < -0.3 is 14.4 Å². The highest BCUT2D eigenvalue weighted by atomic mass is 35.5. The fourth-order valence-corrected chi connectivity index (χ4v) is 4.18. The van der Waals surface area contributed by atoms with E-state index in [0.29, 0.717) is 23.9 Å². The van der Waals surface area contributed by atoms with Crippen molar-refractivity contribution < 1.29 is 19.1 Å². The molecule has 1 amide bonds. The first-order valence-corrected chi connectivity index (χ1v) is 8.55. The number of carbonyl (C=O) groups is 2. The Balaban J connectivity index is 1.67. The summed E-state index contributed by atoms with van der Waals surface area (Å²) in [7, 11) is 0. The van der Waals surface area contributed by atoms with Gasteiger partial charge in [-0.2, -0.15) is 0 Å². The number of benzene rings is 1. The van der Waals surface area contributed by atoms with Crippen LogP contribution in [0.3, 0.4) is 0 Å². The van der Waals surface area contributed by atoms with Gasteiger partial charge in [0.1, 0.15) is 11.5 Å². The van der Waals surface area contributed by atoms with E-state index in [0.717, 1.165) is 6.42 Å². The molecule has 4 rings (SSSR count). The van der Waals surface area contributed by atoms with Crippen LogP contribution in [0.1, 0.15) is 13.3 Å². The number of rotatable bonds is 4.